The van der Waals surface area contributed by atoms with E-state index >= 15 is 0 Å². The van der Waals surface area contributed by atoms with E-state index in [1.54, 1.807) is 37.4 Å². The minimum atomic E-state index is -1.37. The van der Waals surface area contributed by atoms with Crippen LogP contribution in [0.1, 0.15) is 17.2 Å². The fourth-order valence-corrected chi connectivity index (χ4v) is 5.03. The molecule has 0 aromatic heterocycles. The smallest absolute Gasteiger partial charge is 0.260 e. The van der Waals surface area contributed by atoms with Gasteiger partial charge in [0.2, 0.25) is 0 Å². The van der Waals surface area contributed by atoms with E-state index in [1.807, 2.05) is 54.6 Å². The quantitative estimate of drug-likeness (QED) is 0.203. The molecule has 2 unspecified atom stereocenters. The van der Waals surface area contributed by atoms with E-state index in [1.165, 1.54) is 4.90 Å². The molecule has 5 nitrogen and oxygen atoms in total. The molecule has 5 rings (SSSR count). The Hall–Kier alpha value is -3.51. The fraction of sp³-hybridized carbons (Fsp3) is 0.138. The van der Waals surface area contributed by atoms with E-state index in [0.29, 0.717) is 27.7 Å². The topological polar surface area (TPSA) is 72.8 Å². The largest absolute Gasteiger partial charge is 0.509 e. The van der Waals surface area contributed by atoms with Gasteiger partial charge in [-0.1, -0.05) is 71.7 Å². The van der Waals surface area contributed by atoms with Crippen molar-refractivity contribution in [2.24, 2.45) is 0 Å². The standard InChI is InChI=1S/C29H24Cl2N2O3/c1-33-24-8-4-7-22(31)25(24)28(35)26(29(33)36)27(34)23(15-17-9-12-20(30)13-10-17)32-21-14-11-18-5-2-3-6-19(18)16-21/h2-14,16,23,28,32,34-35H,15H2,1H3. The number of likely N-dealkylation sites (N-methyl/N-ethyl adjacent to an activating group) is 1. The monoisotopic (exact) mass is 518 g/mol. The molecule has 0 fully saturated rings. The summed E-state index contributed by atoms with van der Waals surface area (Å²) in [5, 5.41) is 29.2. The van der Waals surface area contributed by atoms with Gasteiger partial charge < -0.3 is 20.4 Å². The van der Waals surface area contributed by atoms with E-state index in [4.69, 9.17) is 23.2 Å². The number of hydrogen-bond donors (Lipinski definition) is 3. The highest BCUT2D eigenvalue weighted by Gasteiger charge is 2.38. The number of carbonyl (C=O) groups excluding carboxylic acids is 1. The van der Waals surface area contributed by atoms with Crippen molar-refractivity contribution in [2.75, 3.05) is 17.3 Å². The molecule has 0 saturated carbocycles. The van der Waals surface area contributed by atoms with Crippen LogP contribution >= 0.6 is 23.2 Å². The molecular formula is C29H24Cl2N2O3. The zero-order valence-electron chi connectivity index (χ0n) is 19.5. The lowest BCUT2D eigenvalue weighted by molar-refractivity contribution is -0.116. The number of amides is 1. The normalized spacial score (nSPS) is 17.6. The summed E-state index contributed by atoms with van der Waals surface area (Å²) in [6.45, 7) is 0. The highest BCUT2D eigenvalue weighted by Crippen LogP contribution is 2.42. The molecule has 0 radical (unpaired) electrons. The molecule has 36 heavy (non-hydrogen) atoms. The highest BCUT2D eigenvalue weighted by atomic mass is 35.5. The predicted molar refractivity (Wildman–Crippen MR) is 146 cm³/mol. The summed E-state index contributed by atoms with van der Waals surface area (Å²) in [7, 11) is 1.60. The van der Waals surface area contributed by atoms with Crippen molar-refractivity contribution in [3.8, 4) is 0 Å². The fourth-order valence-electron chi connectivity index (χ4n) is 4.63. The molecule has 182 valence electrons. The zero-order chi connectivity index (χ0) is 25.4. The van der Waals surface area contributed by atoms with Gasteiger partial charge in [0.1, 0.15) is 11.9 Å². The number of rotatable bonds is 5. The molecule has 1 heterocycles. The Morgan fingerprint density at radius 3 is 2.44 bits per heavy atom. The molecule has 0 saturated heterocycles. The average molecular weight is 519 g/mol. The zero-order valence-corrected chi connectivity index (χ0v) is 21.0. The van der Waals surface area contributed by atoms with E-state index in [-0.39, 0.29) is 11.3 Å². The number of fused-ring (bicyclic) bond motifs is 2. The molecule has 7 heteroatoms. The molecule has 1 aliphatic rings. The minimum absolute atomic E-state index is 0.106. The van der Waals surface area contributed by atoms with E-state index < -0.39 is 18.1 Å². The third kappa shape index (κ3) is 4.53. The summed E-state index contributed by atoms with van der Waals surface area (Å²) in [4.78, 5) is 14.7. The van der Waals surface area contributed by atoms with Gasteiger partial charge in [-0.25, -0.2) is 0 Å². The lowest BCUT2D eigenvalue weighted by Crippen LogP contribution is -2.39. The van der Waals surface area contributed by atoms with Gasteiger partial charge in [0.15, 0.2) is 0 Å². The van der Waals surface area contributed by atoms with Crippen LogP contribution in [0.25, 0.3) is 10.8 Å². The first-order valence-electron chi connectivity index (χ1n) is 11.5. The second-order valence-corrected chi connectivity index (χ2v) is 9.67. The third-order valence-corrected chi connectivity index (χ3v) is 7.10. The first kappa shape index (κ1) is 24.2. The first-order chi connectivity index (χ1) is 17.3. The molecule has 4 aromatic rings. The van der Waals surface area contributed by atoms with Crippen molar-refractivity contribution < 1.29 is 15.0 Å². The summed E-state index contributed by atoms with van der Waals surface area (Å²) in [5.41, 5.74) is 2.45. The highest BCUT2D eigenvalue weighted by molar-refractivity contribution is 6.32. The van der Waals surface area contributed by atoms with Crippen LogP contribution in [0.3, 0.4) is 0 Å². The van der Waals surface area contributed by atoms with Crippen LogP contribution in [0.15, 0.2) is 96.3 Å². The number of nitrogens with zero attached hydrogens (tertiary/aromatic N) is 1. The number of hydrogen-bond acceptors (Lipinski definition) is 4. The SMILES string of the molecule is CN1C(=O)C(=C(O)C(Cc2ccc(Cl)cc2)Nc2ccc3ccccc3c2)C(O)c2c(Cl)cccc21. The lowest BCUT2D eigenvalue weighted by atomic mass is 9.90. The maximum absolute atomic E-state index is 13.3. The third-order valence-electron chi connectivity index (χ3n) is 6.52. The Bertz CT molecular complexity index is 1480. The number of halogens is 2. The summed E-state index contributed by atoms with van der Waals surface area (Å²) in [6, 6.07) is 25.5. The number of benzene rings is 4. The molecule has 0 bridgehead atoms. The molecule has 0 spiro atoms. The second-order valence-electron chi connectivity index (χ2n) is 8.83. The van der Waals surface area contributed by atoms with Crippen LogP contribution in [-0.4, -0.2) is 29.2 Å². The van der Waals surface area contributed by atoms with Crippen LogP contribution < -0.4 is 10.2 Å². The lowest BCUT2D eigenvalue weighted by Gasteiger charge is -2.33. The summed E-state index contributed by atoms with van der Waals surface area (Å²) in [6.07, 6.45) is -1.03. The van der Waals surface area contributed by atoms with Crippen LogP contribution in [-0.2, 0) is 11.2 Å². The maximum Gasteiger partial charge on any atom is 0.260 e. The maximum atomic E-state index is 13.3. The van der Waals surface area contributed by atoms with Gasteiger partial charge in [0, 0.05) is 28.3 Å². The average Bonchev–Trinajstić information content (AvgIpc) is 2.88. The van der Waals surface area contributed by atoms with E-state index in [2.05, 4.69) is 5.32 Å². The Morgan fingerprint density at radius 2 is 1.69 bits per heavy atom. The van der Waals surface area contributed by atoms with Crippen LogP contribution in [0.2, 0.25) is 10.0 Å². The Balaban J connectivity index is 1.59. The van der Waals surface area contributed by atoms with Crippen molar-refractivity contribution in [1.82, 2.24) is 0 Å². The Labute approximate surface area is 219 Å². The molecular weight excluding hydrogens is 495 g/mol. The van der Waals surface area contributed by atoms with E-state index in [0.717, 1.165) is 22.0 Å². The molecule has 1 amide bonds. The molecule has 1 aliphatic heterocycles. The van der Waals surface area contributed by atoms with Crippen molar-refractivity contribution >= 4 is 51.3 Å². The number of anilines is 2. The predicted octanol–water partition coefficient (Wildman–Crippen LogP) is 6.69. The van der Waals surface area contributed by atoms with Gasteiger partial charge >= 0.3 is 0 Å². The Morgan fingerprint density at radius 1 is 0.972 bits per heavy atom. The Kier molecular flexibility index (Phi) is 6.63. The van der Waals surface area contributed by atoms with Crippen molar-refractivity contribution in [3.05, 3.63) is 117 Å². The summed E-state index contributed by atoms with van der Waals surface area (Å²) < 4.78 is 0. The number of aliphatic hydroxyl groups excluding tert-OH is 2. The summed E-state index contributed by atoms with van der Waals surface area (Å²) in [5.74, 6) is -0.732. The molecule has 2 atom stereocenters. The number of carbonyl (C=O) groups is 1. The van der Waals surface area contributed by atoms with Gasteiger partial charge in [0.05, 0.1) is 17.3 Å². The number of aliphatic hydroxyl groups is 2. The molecule has 3 N–H and O–H groups in total. The van der Waals surface area contributed by atoms with Gasteiger partial charge in [-0.05, 0) is 59.2 Å². The minimum Gasteiger partial charge on any atom is -0.509 e. The van der Waals surface area contributed by atoms with Crippen molar-refractivity contribution in [2.45, 2.75) is 18.6 Å². The van der Waals surface area contributed by atoms with Crippen LogP contribution in [0, 0.1) is 0 Å². The van der Waals surface area contributed by atoms with Gasteiger partial charge in [0.25, 0.3) is 5.91 Å². The molecule has 4 aromatic carbocycles. The van der Waals surface area contributed by atoms with Gasteiger partial charge in [-0.2, -0.15) is 0 Å². The van der Waals surface area contributed by atoms with E-state index in [9.17, 15) is 15.0 Å². The van der Waals surface area contributed by atoms with Gasteiger partial charge in [-0.3, -0.25) is 4.79 Å². The van der Waals surface area contributed by atoms with Crippen LogP contribution in [0.5, 0.6) is 0 Å². The first-order valence-corrected chi connectivity index (χ1v) is 12.3. The van der Waals surface area contributed by atoms with Crippen LogP contribution in [0.4, 0.5) is 11.4 Å². The second kappa shape index (κ2) is 9.86. The van der Waals surface area contributed by atoms with Crippen molar-refractivity contribution in [1.29, 1.82) is 0 Å². The number of nitrogens with one attached hydrogen (secondary N) is 1. The summed E-state index contributed by atoms with van der Waals surface area (Å²) >= 11 is 12.5. The van der Waals surface area contributed by atoms with Crippen molar-refractivity contribution in [3.63, 3.8) is 0 Å². The molecule has 0 aliphatic carbocycles. The van der Waals surface area contributed by atoms with Gasteiger partial charge in [-0.15, -0.1) is 0 Å².